The summed E-state index contributed by atoms with van der Waals surface area (Å²) in [6.07, 6.45) is -4.49. The van der Waals surface area contributed by atoms with Gasteiger partial charge in [-0.15, -0.1) is 11.3 Å². The molecule has 0 aromatic carbocycles. The third-order valence-corrected chi connectivity index (χ3v) is 4.04. The van der Waals surface area contributed by atoms with Crippen molar-refractivity contribution in [3.63, 3.8) is 0 Å². The molecule has 0 saturated heterocycles. The lowest BCUT2D eigenvalue weighted by molar-refractivity contribution is -0.144. The summed E-state index contributed by atoms with van der Waals surface area (Å²) >= 11 is 2.32. The van der Waals surface area contributed by atoms with Gasteiger partial charge in [-0.1, -0.05) is 0 Å². The van der Waals surface area contributed by atoms with Crippen LogP contribution in [0.3, 0.4) is 0 Å². The van der Waals surface area contributed by atoms with Gasteiger partial charge in [0.1, 0.15) is 0 Å². The fraction of sp³-hybridized carbons (Fsp3) is 0.400. The van der Waals surface area contributed by atoms with Crippen LogP contribution >= 0.6 is 22.9 Å². The molecule has 0 saturated carbocycles. The molecule has 0 amide bonds. The molecule has 0 aliphatic heterocycles. The lowest BCUT2D eigenvalue weighted by Gasteiger charge is -2.09. The van der Waals surface area contributed by atoms with E-state index in [0.29, 0.717) is 0 Å². The van der Waals surface area contributed by atoms with Crippen LogP contribution in [0.5, 0.6) is 0 Å². The number of nitrogens with zero attached hydrogens (tertiary/aromatic N) is 2. The number of alkyl halides is 3. The van der Waals surface area contributed by atoms with Gasteiger partial charge in [0, 0.05) is 21.3 Å². The SMILES string of the molecule is Cc1ccc(C(C)Nc2nc(C(F)(F)F)ns2)s1. The van der Waals surface area contributed by atoms with Crippen LogP contribution in [0.1, 0.15) is 28.5 Å². The van der Waals surface area contributed by atoms with Gasteiger partial charge in [-0.3, -0.25) is 0 Å². The van der Waals surface area contributed by atoms with E-state index >= 15 is 0 Å². The fourth-order valence-electron chi connectivity index (χ4n) is 1.34. The Bertz CT molecular complexity index is 532. The van der Waals surface area contributed by atoms with Crippen LogP contribution < -0.4 is 5.32 Å². The van der Waals surface area contributed by atoms with Crippen LogP contribution in [0.2, 0.25) is 0 Å². The summed E-state index contributed by atoms with van der Waals surface area (Å²) in [6.45, 7) is 3.85. The number of nitrogens with one attached hydrogen (secondary N) is 1. The first kappa shape index (κ1) is 13.3. The molecule has 18 heavy (non-hydrogen) atoms. The number of aromatic nitrogens is 2. The molecule has 1 atom stereocenters. The van der Waals surface area contributed by atoms with Crippen molar-refractivity contribution in [1.29, 1.82) is 0 Å². The van der Waals surface area contributed by atoms with E-state index in [0.717, 1.165) is 21.3 Å². The normalized spacial score (nSPS) is 13.6. The van der Waals surface area contributed by atoms with Gasteiger partial charge in [-0.25, -0.2) is 0 Å². The van der Waals surface area contributed by atoms with E-state index in [1.807, 2.05) is 26.0 Å². The smallest absolute Gasteiger partial charge is 0.353 e. The van der Waals surface area contributed by atoms with Crippen molar-refractivity contribution >= 4 is 28.0 Å². The Morgan fingerprint density at radius 1 is 1.33 bits per heavy atom. The van der Waals surface area contributed by atoms with E-state index in [1.165, 1.54) is 0 Å². The molecule has 0 aliphatic carbocycles. The Morgan fingerprint density at radius 3 is 2.56 bits per heavy atom. The van der Waals surface area contributed by atoms with E-state index in [2.05, 4.69) is 14.7 Å². The second kappa shape index (κ2) is 4.85. The number of hydrogen-bond acceptors (Lipinski definition) is 5. The van der Waals surface area contributed by atoms with Crippen molar-refractivity contribution in [1.82, 2.24) is 9.36 Å². The summed E-state index contributed by atoms with van der Waals surface area (Å²) in [7, 11) is 0. The largest absolute Gasteiger partial charge is 0.452 e. The van der Waals surface area contributed by atoms with Crippen LogP contribution in [0, 0.1) is 6.92 Å². The predicted octanol–water partition coefficient (Wildman–Crippen LogP) is 4.10. The number of rotatable bonds is 3. The molecule has 8 heteroatoms. The molecular formula is C10H10F3N3S2. The van der Waals surface area contributed by atoms with Crippen LogP contribution in [0.15, 0.2) is 12.1 Å². The highest BCUT2D eigenvalue weighted by atomic mass is 32.1. The summed E-state index contributed by atoms with van der Waals surface area (Å²) in [5.41, 5.74) is 0. The predicted molar refractivity (Wildman–Crippen MR) is 66.0 cm³/mol. The number of hydrogen-bond donors (Lipinski definition) is 1. The van der Waals surface area contributed by atoms with Gasteiger partial charge in [-0.2, -0.15) is 22.5 Å². The van der Waals surface area contributed by atoms with E-state index in [4.69, 9.17) is 0 Å². The van der Waals surface area contributed by atoms with Crippen molar-refractivity contribution in [3.8, 4) is 0 Å². The highest BCUT2D eigenvalue weighted by molar-refractivity contribution is 7.12. The lowest BCUT2D eigenvalue weighted by Crippen LogP contribution is -2.08. The zero-order valence-corrected chi connectivity index (χ0v) is 11.2. The quantitative estimate of drug-likeness (QED) is 0.925. The zero-order valence-electron chi connectivity index (χ0n) is 9.58. The van der Waals surface area contributed by atoms with Gasteiger partial charge >= 0.3 is 6.18 Å². The molecule has 0 fully saturated rings. The van der Waals surface area contributed by atoms with Gasteiger partial charge in [0.05, 0.1) is 6.04 Å². The molecule has 0 spiro atoms. The molecule has 0 aliphatic rings. The molecule has 98 valence electrons. The summed E-state index contributed by atoms with van der Waals surface area (Å²) in [6, 6.07) is 3.83. The molecule has 0 bridgehead atoms. The first-order valence-electron chi connectivity index (χ1n) is 5.10. The average Bonchev–Trinajstić information content (AvgIpc) is 2.85. The Kier molecular flexibility index (Phi) is 3.58. The molecule has 1 unspecified atom stereocenters. The lowest BCUT2D eigenvalue weighted by atomic mass is 10.3. The van der Waals surface area contributed by atoms with Crippen LogP contribution in [-0.4, -0.2) is 9.36 Å². The molecule has 2 rings (SSSR count). The first-order valence-corrected chi connectivity index (χ1v) is 6.69. The van der Waals surface area contributed by atoms with Gasteiger partial charge in [0.2, 0.25) is 11.0 Å². The highest BCUT2D eigenvalue weighted by Gasteiger charge is 2.36. The minimum absolute atomic E-state index is 0.0854. The summed E-state index contributed by atoms with van der Waals surface area (Å²) < 4.78 is 40.2. The second-order valence-electron chi connectivity index (χ2n) is 3.74. The maximum absolute atomic E-state index is 12.3. The standard InChI is InChI=1S/C10H10F3N3S2/c1-5-3-4-7(17-5)6(2)14-9-15-8(16-18-9)10(11,12)13/h3-4,6H,1-2H3,(H,14,15,16). The third-order valence-electron chi connectivity index (χ3n) is 2.21. The van der Waals surface area contributed by atoms with E-state index in [9.17, 15) is 13.2 Å². The van der Waals surface area contributed by atoms with E-state index < -0.39 is 12.0 Å². The Balaban J connectivity index is 2.08. The van der Waals surface area contributed by atoms with Gasteiger partial charge in [0.25, 0.3) is 0 Å². The maximum Gasteiger partial charge on any atom is 0.452 e. The van der Waals surface area contributed by atoms with Crippen LogP contribution in [0.4, 0.5) is 18.3 Å². The molecule has 2 heterocycles. The number of anilines is 1. The molecular weight excluding hydrogens is 283 g/mol. The van der Waals surface area contributed by atoms with Gasteiger partial charge in [-0.05, 0) is 26.0 Å². The van der Waals surface area contributed by atoms with Crippen molar-refractivity contribution < 1.29 is 13.2 Å². The Morgan fingerprint density at radius 2 is 2.06 bits per heavy atom. The van der Waals surface area contributed by atoms with Crippen molar-refractivity contribution in [2.75, 3.05) is 5.32 Å². The van der Waals surface area contributed by atoms with Crippen molar-refractivity contribution in [2.45, 2.75) is 26.1 Å². The topological polar surface area (TPSA) is 37.8 Å². The summed E-state index contributed by atoms with van der Waals surface area (Å²) in [5, 5.41) is 3.10. The van der Waals surface area contributed by atoms with Crippen LogP contribution in [-0.2, 0) is 6.18 Å². The minimum Gasteiger partial charge on any atom is -0.353 e. The zero-order chi connectivity index (χ0) is 13.3. The molecule has 3 nitrogen and oxygen atoms in total. The number of thiophene rings is 1. The number of aryl methyl sites for hydroxylation is 1. The van der Waals surface area contributed by atoms with Crippen molar-refractivity contribution in [2.24, 2.45) is 0 Å². The second-order valence-corrected chi connectivity index (χ2v) is 5.81. The van der Waals surface area contributed by atoms with Crippen molar-refractivity contribution in [3.05, 3.63) is 27.7 Å². The van der Waals surface area contributed by atoms with Crippen LogP contribution in [0.25, 0.3) is 0 Å². The maximum atomic E-state index is 12.3. The first-order chi connectivity index (χ1) is 8.36. The molecule has 2 aromatic heterocycles. The Labute approximate surface area is 110 Å². The minimum atomic E-state index is -4.49. The third kappa shape index (κ3) is 2.99. The Hall–Kier alpha value is -1.15. The summed E-state index contributed by atoms with van der Waals surface area (Å²) in [5.74, 6) is -1.09. The monoisotopic (exact) mass is 293 g/mol. The van der Waals surface area contributed by atoms with Gasteiger partial charge in [0.15, 0.2) is 0 Å². The van der Waals surface area contributed by atoms with E-state index in [-0.39, 0.29) is 11.2 Å². The highest BCUT2D eigenvalue weighted by Crippen LogP contribution is 2.31. The summed E-state index contributed by atoms with van der Waals surface area (Å²) in [4.78, 5) is 5.64. The molecule has 1 N–H and O–H groups in total. The number of halogens is 3. The van der Waals surface area contributed by atoms with E-state index in [1.54, 1.807) is 11.3 Å². The molecule has 0 radical (unpaired) electrons. The molecule has 2 aromatic rings. The fourth-order valence-corrected chi connectivity index (χ4v) is 2.89. The van der Waals surface area contributed by atoms with Gasteiger partial charge < -0.3 is 5.32 Å². The average molecular weight is 293 g/mol.